The third-order valence-corrected chi connectivity index (χ3v) is 3.23. The highest BCUT2D eigenvalue weighted by Gasteiger charge is 2.15. The van der Waals surface area contributed by atoms with Crippen molar-refractivity contribution in [1.82, 2.24) is 15.5 Å². The van der Waals surface area contributed by atoms with Crippen molar-refractivity contribution in [3.63, 3.8) is 0 Å². The number of carbonyl (C=O) groups is 1. The van der Waals surface area contributed by atoms with Gasteiger partial charge in [-0.25, -0.2) is 4.79 Å². The van der Waals surface area contributed by atoms with Crippen LogP contribution in [0.2, 0.25) is 0 Å². The van der Waals surface area contributed by atoms with E-state index >= 15 is 0 Å². The quantitative estimate of drug-likeness (QED) is 0.894. The molecule has 0 spiro atoms. The van der Waals surface area contributed by atoms with Crippen LogP contribution >= 0.6 is 0 Å². The molecule has 5 heteroatoms. The predicted octanol–water partition coefficient (Wildman–Crippen LogP) is 1.98. The first kappa shape index (κ1) is 15.8. The molecule has 1 fully saturated rings. The summed E-state index contributed by atoms with van der Waals surface area (Å²) in [6, 6.07) is 7.73. The average molecular weight is 291 g/mol. The second kappa shape index (κ2) is 6.91. The van der Waals surface area contributed by atoms with Crippen LogP contribution < -0.4 is 15.4 Å². The summed E-state index contributed by atoms with van der Waals surface area (Å²) < 4.78 is 5.26. The van der Waals surface area contributed by atoms with Gasteiger partial charge in [0.1, 0.15) is 5.75 Å². The van der Waals surface area contributed by atoms with Crippen LogP contribution in [0.1, 0.15) is 26.3 Å². The van der Waals surface area contributed by atoms with Crippen molar-refractivity contribution in [2.75, 3.05) is 26.2 Å². The molecule has 116 valence electrons. The topological polar surface area (TPSA) is 53.6 Å². The van der Waals surface area contributed by atoms with Crippen molar-refractivity contribution in [3.05, 3.63) is 29.8 Å². The SMILES string of the molecule is CC(C)(C)NC(=O)Oc1ccc(CN2CCNCC2)cc1. The number of amides is 1. The van der Waals surface area contributed by atoms with Crippen LogP contribution in [-0.4, -0.2) is 42.7 Å². The second-order valence-electron chi connectivity index (χ2n) is 6.43. The molecule has 0 saturated carbocycles. The summed E-state index contributed by atoms with van der Waals surface area (Å²) in [5.74, 6) is 0.570. The van der Waals surface area contributed by atoms with Gasteiger partial charge in [-0.3, -0.25) is 4.90 Å². The number of rotatable bonds is 3. The van der Waals surface area contributed by atoms with E-state index in [1.807, 2.05) is 45.0 Å². The van der Waals surface area contributed by atoms with E-state index in [0.717, 1.165) is 32.7 Å². The van der Waals surface area contributed by atoms with Crippen LogP contribution in [0.4, 0.5) is 4.79 Å². The molecule has 0 bridgehead atoms. The van der Waals surface area contributed by atoms with Gasteiger partial charge in [0.2, 0.25) is 0 Å². The van der Waals surface area contributed by atoms with Crippen LogP contribution in [0.3, 0.4) is 0 Å². The van der Waals surface area contributed by atoms with Gasteiger partial charge in [0.25, 0.3) is 0 Å². The average Bonchev–Trinajstić information content (AvgIpc) is 2.40. The summed E-state index contributed by atoms with van der Waals surface area (Å²) in [7, 11) is 0. The predicted molar refractivity (Wildman–Crippen MR) is 83.5 cm³/mol. The molecule has 1 amide bonds. The number of carbonyl (C=O) groups excluding carboxylic acids is 1. The largest absolute Gasteiger partial charge is 0.413 e. The zero-order valence-electron chi connectivity index (χ0n) is 13.1. The lowest BCUT2D eigenvalue weighted by Gasteiger charge is -2.27. The van der Waals surface area contributed by atoms with Crippen LogP contribution in [0.15, 0.2) is 24.3 Å². The van der Waals surface area contributed by atoms with Gasteiger partial charge in [-0.05, 0) is 38.5 Å². The van der Waals surface area contributed by atoms with E-state index in [1.165, 1.54) is 5.56 Å². The third kappa shape index (κ3) is 5.73. The van der Waals surface area contributed by atoms with Gasteiger partial charge in [-0.1, -0.05) is 12.1 Å². The monoisotopic (exact) mass is 291 g/mol. The molecule has 0 aliphatic carbocycles. The van der Waals surface area contributed by atoms with Crippen molar-refractivity contribution < 1.29 is 9.53 Å². The van der Waals surface area contributed by atoms with E-state index in [0.29, 0.717) is 5.75 Å². The summed E-state index contributed by atoms with van der Waals surface area (Å²) in [5.41, 5.74) is 0.944. The minimum atomic E-state index is -0.419. The molecule has 5 nitrogen and oxygen atoms in total. The standard InChI is InChI=1S/C16H25N3O2/c1-16(2,3)18-15(20)21-14-6-4-13(5-7-14)12-19-10-8-17-9-11-19/h4-7,17H,8-12H2,1-3H3,(H,18,20). The molecule has 2 N–H and O–H groups in total. The Hall–Kier alpha value is -1.59. The molecule has 1 aliphatic rings. The molecule has 1 saturated heterocycles. The minimum absolute atomic E-state index is 0.292. The van der Waals surface area contributed by atoms with Crippen molar-refractivity contribution in [3.8, 4) is 5.75 Å². The molecular weight excluding hydrogens is 266 g/mol. The number of nitrogens with zero attached hydrogens (tertiary/aromatic N) is 1. The molecule has 0 aromatic heterocycles. The molecule has 0 atom stereocenters. The van der Waals surface area contributed by atoms with Gasteiger partial charge in [-0.15, -0.1) is 0 Å². The number of benzene rings is 1. The summed E-state index contributed by atoms with van der Waals surface area (Å²) >= 11 is 0. The summed E-state index contributed by atoms with van der Waals surface area (Å²) in [6.45, 7) is 11.0. The van der Waals surface area contributed by atoms with Crippen molar-refractivity contribution >= 4 is 6.09 Å². The first-order chi connectivity index (χ1) is 9.92. The molecule has 1 aliphatic heterocycles. The van der Waals surface area contributed by atoms with Crippen molar-refractivity contribution in [2.45, 2.75) is 32.9 Å². The van der Waals surface area contributed by atoms with Crippen molar-refractivity contribution in [2.24, 2.45) is 0 Å². The van der Waals surface area contributed by atoms with E-state index in [2.05, 4.69) is 15.5 Å². The Bertz CT molecular complexity index is 459. The van der Waals surface area contributed by atoms with Gasteiger partial charge in [-0.2, -0.15) is 0 Å². The number of ether oxygens (including phenoxy) is 1. The normalized spacial score (nSPS) is 16.5. The Morgan fingerprint density at radius 2 is 1.86 bits per heavy atom. The maximum absolute atomic E-state index is 11.7. The lowest BCUT2D eigenvalue weighted by molar-refractivity contribution is 0.190. The van der Waals surface area contributed by atoms with Crippen LogP contribution in [0.5, 0.6) is 5.75 Å². The fourth-order valence-corrected chi connectivity index (χ4v) is 2.23. The van der Waals surface area contributed by atoms with Gasteiger partial charge in [0.15, 0.2) is 0 Å². The minimum Gasteiger partial charge on any atom is -0.410 e. The molecule has 1 heterocycles. The van der Waals surface area contributed by atoms with Crippen molar-refractivity contribution in [1.29, 1.82) is 0 Å². The Labute approximate surface area is 126 Å². The molecule has 1 aromatic carbocycles. The molecule has 21 heavy (non-hydrogen) atoms. The molecular formula is C16H25N3O2. The third-order valence-electron chi connectivity index (χ3n) is 3.23. The molecule has 1 aromatic rings. The summed E-state index contributed by atoms with van der Waals surface area (Å²) in [6.07, 6.45) is -0.419. The second-order valence-corrected chi connectivity index (χ2v) is 6.43. The molecule has 2 rings (SSSR count). The highest BCUT2D eigenvalue weighted by Crippen LogP contribution is 2.14. The zero-order valence-corrected chi connectivity index (χ0v) is 13.1. The maximum atomic E-state index is 11.7. The Balaban J connectivity index is 1.85. The smallest absolute Gasteiger partial charge is 0.410 e. The number of piperazine rings is 1. The highest BCUT2D eigenvalue weighted by molar-refractivity contribution is 5.71. The lowest BCUT2D eigenvalue weighted by Crippen LogP contribution is -2.42. The molecule has 0 unspecified atom stereocenters. The van der Waals surface area contributed by atoms with Gasteiger partial charge in [0, 0.05) is 38.3 Å². The van der Waals surface area contributed by atoms with E-state index in [9.17, 15) is 4.79 Å². The highest BCUT2D eigenvalue weighted by atomic mass is 16.6. The summed E-state index contributed by atoms with van der Waals surface area (Å²) in [4.78, 5) is 14.1. The summed E-state index contributed by atoms with van der Waals surface area (Å²) in [5, 5.41) is 6.12. The Kier molecular flexibility index (Phi) is 5.20. The van der Waals surface area contributed by atoms with Gasteiger partial charge in [0.05, 0.1) is 0 Å². The number of hydrogen-bond acceptors (Lipinski definition) is 4. The molecule has 0 radical (unpaired) electrons. The van der Waals surface area contributed by atoms with Crippen LogP contribution in [0.25, 0.3) is 0 Å². The van der Waals surface area contributed by atoms with Gasteiger partial charge < -0.3 is 15.4 Å². The Morgan fingerprint density at radius 3 is 2.43 bits per heavy atom. The van der Waals surface area contributed by atoms with E-state index < -0.39 is 6.09 Å². The Morgan fingerprint density at radius 1 is 1.24 bits per heavy atom. The number of hydrogen-bond donors (Lipinski definition) is 2. The van der Waals surface area contributed by atoms with Crippen LogP contribution in [0, 0.1) is 0 Å². The van der Waals surface area contributed by atoms with Crippen LogP contribution in [-0.2, 0) is 6.54 Å². The fourth-order valence-electron chi connectivity index (χ4n) is 2.23. The zero-order chi connectivity index (χ0) is 15.3. The van der Waals surface area contributed by atoms with E-state index in [-0.39, 0.29) is 5.54 Å². The fraction of sp³-hybridized carbons (Fsp3) is 0.562. The van der Waals surface area contributed by atoms with E-state index in [4.69, 9.17) is 4.74 Å². The maximum Gasteiger partial charge on any atom is 0.413 e. The lowest BCUT2D eigenvalue weighted by atomic mass is 10.1. The van der Waals surface area contributed by atoms with Gasteiger partial charge >= 0.3 is 6.09 Å². The first-order valence-corrected chi connectivity index (χ1v) is 7.44. The first-order valence-electron chi connectivity index (χ1n) is 7.44. The number of nitrogens with one attached hydrogen (secondary N) is 2. The van der Waals surface area contributed by atoms with E-state index in [1.54, 1.807) is 0 Å².